The Morgan fingerprint density at radius 2 is 1.74 bits per heavy atom. The Morgan fingerprint density at radius 3 is 2.39 bits per heavy atom. The van der Waals surface area contributed by atoms with Crippen LogP contribution in [0, 0.1) is 6.92 Å². The SMILES string of the molecule is Cc1ccc(Cl)c(NC(=O)C[NH+](C)Cc2ccc(Cl)cc2)c1Cl. The third-order valence-electron chi connectivity index (χ3n) is 3.43. The highest BCUT2D eigenvalue weighted by Gasteiger charge is 2.15. The van der Waals surface area contributed by atoms with Crippen LogP contribution in [0.15, 0.2) is 36.4 Å². The summed E-state index contributed by atoms with van der Waals surface area (Å²) in [5.74, 6) is -0.133. The predicted octanol–water partition coefficient (Wildman–Crippen LogP) is 3.61. The van der Waals surface area contributed by atoms with Gasteiger partial charge in [0.2, 0.25) is 0 Å². The summed E-state index contributed by atoms with van der Waals surface area (Å²) in [6.45, 7) is 2.90. The molecule has 0 fully saturated rings. The van der Waals surface area contributed by atoms with Crippen molar-refractivity contribution in [2.24, 2.45) is 0 Å². The van der Waals surface area contributed by atoms with E-state index in [-0.39, 0.29) is 5.91 Å². The van der Waals surface area contributed by atoms with Gasteiger partial charge < -0.3 is 10.2 Å². The first-order chi connectivity index (χ1) is 10.9. The standard InChI is InChI=1S/C17H17Cl3N2O/c1-11-3-8-14(19)17(16(11)20)21-15(23)10-22(2)9-12-4-6-13(18)7-5-12/h3-8H,9-10H2,1-2H3,(H,21,23)/p+1. The maximum Gasteiger partial charge on any atom is 0.279 e. The zero-order valence-corrected chi connectivity index (χ0v) is 15.2. The maximum absolute atomic E-state index is 12.2. The second-order valence-electron chi connectivity index (χ2n) is 5.54. The number of quaternary nitrogens is 1. The van der Waals surface area contributed by atoms with Gasteiger partial charge in [-0.15, -0.1) is 0 Å². The monoisotopic (exact) mass is 371 g/mol. The molecule has 1 atom stereocenters. The number of benzene rings is 2. The van der Waals surface area contributed by atoms with E-state index in [4.69, 9.17) is 34.8 Å². The number of hydrogen-bond acceptors (Lipinski definition) is 1. The van der Waals surface area contributed by atoms with Crippen molar-refractivity contribution in [2.75, 3.05) is 18.9 Å². The first-order valence-electron chi connectivity index (χ1n) is 7.17. The van der Waals surface area contributed by atoms with Crippen molar-refractivity contribution in [3.05, 3.63) is 62.6 Å². The van der Waals surface area contributed by atoms with Crippen LogP contribution in [0.2, 0.25) is 15.1 Å². The third kappa shape index (κ3) is 5.11. The van der Waals surface area contributed by atoms with E-state index < -0.39 is 0 Å². The molecule has 3 nitrogen and oxygen atoms in total. The average molecular weight is 373 g/mol. The van der Waals surface area contributed by atoms with Gasteiger partial charge in [-0.3, -0.25) is 4.79 Å². The third-order valence-corrected chi connectivity index (χ3v) is 4.48. The van der Waals surface area contributed by atoms with Crippen LogP contribution < -0.4 is 10.2 Å². The van der Waals surface area contributed by atoms with Crippen molar-refractivity contribution in [1.29, 1.82) is 0 Å². The number of likely N-dealkylation sites (N-methyl/N-ethyl adjacent to an activating group) is 1. The molecule has 122 valence electrons. The van der Waals surface area contributed by atoms with Gasteiger partial charge in [-0.1, -0.05) is 53.0 Å². The highest BCUT2D eigenvalue weighted by molar-refractivity contribution is 6.40. The molecule has 6 heteroatoms. The molecule has 23 heavy (non-hydrogen) atoms. The Hall–Kier alpha value is -1.26. The van der Waals surface area contributed by atoms with Gasteiger partial charge in [-0.25, -0.2) is 0 Å². The number of carbonyl (C=O) groups is 1. The molecular formula is C17H18Cl3N2O+. The van der Waals surface area contributed by atoms with E-state index in [1.54, 1.807) is 6.07 Å². The zero-order chi connectivity index (χ0) is 17.0. The lowest BCUT2D eigenvalue weighted by molar-refractivity contribution is -0.885. The van der Waals surface area contributed by atoms with Crippen LogP contribution in [-0.4, -0.2) is 19.5 Å². The smallest absolute Gasteiger partial charge is 0.279 e. The van der Waals surface area contributed by atoms with Crippen LogP contribution in [0.4, 0.5) is 5.69 Å². The molecule has 0 saturated heterocycles. The van der Waals surface area contributed by atoms with Gasteiger partial charge in [0.1, 0.15) is 6.54 Å². The van der Waals surface area contributed by atoms with Gasteiger partial charge in [0.25, 0.3) is 5.91 Å². The lowest BCUT2D eigenvalue weighted by Gasteiger charge is -2.15. The molecule has 0 heterocycles. The molecule has 0 aromatic heterocycles. The van der Waals surface area contributed by atoms with Crippen LogP contribution in [0.25, 0.3) is 0 Å². The molecule has 1 amide bonds. The summed E-state index contributed by atoms with van der Waals surface area (Å²) < 4.78 is 0. The average Bonchev–Trinajstić information content (AvgIpc) is 2.50. The van der Waals surface area contributed by atoms with Gasteiger partial charge in [-0.2, -0.15) is 0 Å². The van der Waals surface area contributed by atoms with E-state index in [0.717, 1.165) is 22.6 Å². The van der Waals surface area contributed by atoms with Crippen molar-refractivity contribution < 1.29 is 9.69 Å². The normalized spacial score (nSPS) is 12.0. The first kappa shape index (κ1) is 18.1. The molecule has 2 aromatic rings. The Kier molecular flexibility index (Phi) is 6.31. The molecule has 0 spiro atoms. The number of carbonyl (C=O) groups excluding carboxylic acids is 1. The summed E-state index contributed by atoms with van der Waals surface area (Å²) in [5, 5.41) is 4.41. The van der Waals surface area contributed by atoms with Crippen LogP contribution in [0.5, 0.6) is 0 Å². The summed E-state index contributed by atoms with van der Waals surface area (Å²) in [7, 11) is 1.95. The fourth-order valence-corrected chi connectivity index (χ4v) is 2.83. The lowest BCUT2D eigenvalue weighted by Crippen LogP contribution is -3.08. The Morgan fingerprint density at radius 1 is 1.09 bits per heavy atom. The minimum absolute atomic E-state index is 0.133. The van der Waals surface area contributed by atoms with Gasteiger partial charge in [0.05, 0.1) is 22.8 Å². The summed E-state index contributed by atoms with van der Waals surface area (Å²) in [6, 6.07) is 11.1. The van der Waals surface area contributed by atoms with E-state index in [2.05, 4.69) is 5.32 Å². The van der Waals surface area contributed by atoms with E-state index >= 15 is 0 Å². The van der Waals surface area contributed by atoms with Crippen LogP contribution in [0.1, 0.15) is 11.1 Å². The fraction of sp³-hybridized carbons (Fsp3) is 0.235. The van der Waals surface area contributed by atoms with E-state index in [9.17, 15) is 4.79 Å². The van der Waals surface area contributed by atoms with Crippen molar-refractivity contribution in [1.82, 2.24) is 0 Å². The quantitative estimate of drug-likeness (QED) is 0.826. The molecule has 1 unspecified atom stereocenters. The molecule has 2 N–H and O–H groups in total. The Balaban J connectivity index is 1.97. The van der Waals surface area contributed by atoms with E-state index in [1.165, 1.54) is 0 Å². The van der Waals surface area contributed by atoms with Crippen LogP contribution in [0.3, 0.4) is 0 Å². The Bertz CT molecular complexity index is 702. The van der Waals surface area contributed by atoms with Gasteiger partial charge in [0.15, 0.2) is 6.54 Å². The second-order valence-corrected chi connectivity index (χ2v) is 6.76. The largest absolute Gasteiger partial charge is 0.326 e. The van der Waals surface area contributed by atoms with Crippen molar-refractivity contribution in [2.45, 2.75) is 13.5 Å². The summed E-state index contributed by atoms with van der Waals surface area (Å²) in [6.07, 6.45) is 0. The van der Waals surface area contributed by atoms with Crippen molar-refractivity contribution >= 4 is 46.4 Å². The number of nitrogens with one attached hydrogen (secondary N) is 2. The predicted molar refractivity (Wildman–Crippen MR) is 96.7 cm³/mol. The minimum atomic E-state index is -0.133. The lowest BCUT2D eigenvalue weighted by atomic mass is 10.2. The van der Waals surface area contributed by atoms with Gasteiger partial charge in [0, 0.05) is 10.6 Å². The Labute approximate surface area is 151 Å². The highest BCUT2D eigenvalue weighted by atomic mass is 35.5. The molecule has 0 bridgehead atoms. The molecule has 0 radical (unpaired) electrons. The summed E-state index contributed by atoms with van der Waals surface area (Å²) >= 11 is 18.2. The van der Waals surface area contributed by atoms with E-state index in [1.807, 2.05) is 44.3 Å². The topological polar surface area (TPSA) is 33.5 Å². The summed E-state index contributed by atoms with van der Waals surface area (Å²) in [5.41, 5.74) is 2.46. The number of anilines is 1. The number of amides is 1. The molecular weight excluding hydrogens is 355 g/mol. The first-order valence-corrected chi connectivity index (χ1v) is 8.30. The number of aryl methyl sites for hydroxylation is 1. The molecule has 0 aliphatic rings. The molecule has 0 aliphatic carbocycles. The number of hydrogen-bond donors (Lipinski definition) is 2. The minimum Gasteiger partial charge on any atom is -0.326 e. The van der Waals surface area contributed by atoms with Crippen molar-refractivity contribution in [3.63, 3.8) is 0 Å². The zero-order valence-electron chi connectivity index (χ0n) is 12.9. The summed E-state index contributed by atoms with van der Waals surface area (Å²) in [4.78, 5) is 13.3. The maximum atomic E-state index is 12.2. The molecule has 0 saturated carbocycles. The highest BCUT2D eigenvalue weighted by Crippen LogP contribution is 2.32. The molecule has 2 aromatic carbocycles. The molecule has 0 aliphatic heterocycles. The number of halogens is 3. The van der Waals surface area contributed by atoms with Gasteiger partial charge in [-0.05, 0) is 30.7 Å². The van der Waals surface area contributed by atoms with E-state index in [0.29, 0.717) is 27.3 Å². The van der Waals surface area contributed by atoms with Gasteiger partial charge >= 0.3 is 0 Å². The second kappa shape index (κ2) is 8.02. The number of rotatable bonds is 5. The van der Waals surface area contributed by atoms with Crippen molar-refractivity contribution in [3.8, 4) is 0 Å². The van der Waals surface area contributed by atoms with Crippen LogP contribution in [-0.2, 0) is 11.3 Å². The molecule has 2 rings (SSSR count). The fourth-order valence-electron chi connectivity index (χ4n) is 2.24. The van der Waals surface area contributed by atoms with Crippen LogP contribution >= 0.6 is 34.8 Å².